The lowest BCUT2D eigenvalue weighted by Crippen LogP contribution is -2.47. The maximum absolute atomic E-state index is 11.8. The summed E-state index contributed by atoms with van der Waals surface area (Å²) in [5.74, 6) is -0.949. The molecule has 0 aliphatic heterocycles. The molecular formula is C11H15O3-. The molecule has 2 fully saturated rings. The quantitative estimate of drug-likeness (QED) is 0.613. The van der Waals surface area contributed by atoms with Crippen LogP contribution in [0.5, 0.6) is 0 Å². The molecule has 2 aliphatic rings. The number of carboxylic acid groups (broad SMARTS) is 1. The Morgan fingerprint density at radius 2 is 1.86 bits per heavy atom. The van der Waals surface area contributed by atoms with Gasteiger partial charge in [0.15, 0.2) is 0 Å². The molecule has 14 heavy (non-hydrogen) atoms. The van der Waals surface area contributed by atoms with Crippen LogP contribution in [0.1, 0.15) is 40.0 Å². The van der Waals surface area contributed by atoms with Gasteiger partial charge in [-0.15, -0.1) is 0 Å². The summed E-state index contributed by atoms with van der Waals surface area (Å²) in [7, 11) is 0. The summed E-state index contributed by atoms with van der Waals surface area (Å²) in [4.78, 5) is 23.0. The zero-order chi connectivity index (χ0) is 10.8. The highest BCUT2D eigenvalue weighted by molar-refractivity contribution is 5.96. The van der Waals surface area contributed by atoms with E-state index < -0.39 is 22.2 Å². The molecule has 0 saturated heterocycles. The van der Waals surface area contributed by atoms with E-state index in [0.29, 0.717) is 12.8 Å². The van der Waals surface area contributed by atoms with Gasteiger partial charge >= 0.3 is 0 Å². The van der Waals surface area contributed by atoms with E-state index in [0.717, 1.165) is 0 Å². The Morgan fingerprint density at radius 1 is 1.29 bits per heavy atom. The first-order valence-corrected chi connectivity index (χ1v) is 5.03. The monoisotopic (exact) mass is 195 g/mol. The van der Waals surface area contributed by atoms with E-state index in [-0.39, 0.29) is 12.2 Å². The van der Waals surface area contributed by atoms with E-state index in [4.69, 9.17) is 0 Å². The van der Waals surface area contributed by atoms with Gasteiger partial charge in [0.25, 0.3) is 0 Å². The molecule has 0 aromatic heterocycles. The van der Waals surface area contributed by atoms with Crippen LogP contribution in [-0.2, 0) is 9.59 Å². The van der Waals surface area contributed by atoms with Crippen LogP contribution in [0.4, 0.5) is 0 Å². The molecule has 3 heteroatoms. The molecule has 0 spiro atoms. The van der Waals surface area contributed by atoms with Crippen molar-refractivity contribution in [1.82, 2.24) is 0 Å². The molecular weight excluding hydrogens is 180 g/mol. The van der Waals surface area contributed by atoms with Crippen molar-refractivity contribution in [2.24, 2.45) is 16.2 Å². The predicted molar refractivity (Wildman–Crippen MR) is 48.2 cm³/mol. The van der Waals surface area contributed by atoms with E-state index in [2.05, 4.69) is 0 Å². The highest BCUT2D eigenvalue weighted by Crippen LogP contribution is 2.70. The van der Waals surface area contributed by atoms with Gasteiger partial charge in [0.05, 0.1) is 0 Å². The zero-order valence-corrected chi connectivity index (χ0v) is 8.85. The number of hydrogen-bond acceptors (Lipinski definition) is 3. The Labute approximate surface area is 83.5 Å². The van der Waals surface area contributed by atoms with Gasteiger partial charge in [0.1, 0.15) is 5.78 Å². The number of hydrogen-bond donors (Lipinski definition) is 0. The SMILES string of the molecule is CC1(C)[C@]2(C(=O)[O-])CC[C@@]1(C)C(=O)C2. The predicted octanol–water partition coefficient (Wildman–Crippen LogP) is 0.522. The number of carbonyl (C=O) groups excluding carboxylic acids is 2. The lowest BCUT2D eigenvalue weighted by molar-refractivity contribution is -0.323. The molecule has 0 aromatic carbocycles. The molecule has 0 unspecified atom stereocenters. The second-order valence-electron chi connectivity index (χ2n) is 5.43. The molecule has 0 radical (unpaired) electrons. The van der Waals surface area contributed by atoms with Crippen LogP contribution in [0.15, 0.2) is 0 Å². The van der Waals surface area contributed by atoms with Crippen molar-refractivity contribution >= 4 is 11.8 Å². The average Bonchev–Trinajstić information content (AvgIpc) is 2.34. The van der Waals surface area contributed by atoms with Crippen molar-refractivity contribution in [1.29, 1.82) is 0 Å². The highest BCUT2D eigenvalue weighted by atomic mass is 16.4. The summed E-state index contributed by atoms with van der Waals surface area (Å²) in [6.07, 6.45) is 1.44. The Hall–Kier alpha value is -0.860. The molecule has 0 N–H and O–H groups in total. The third-order valence-corrected chi connectivity index (χ3v) is 5.10. The lowest BCUT2D eigenvalue weighted by Gasteiger charge is -2.40. The van der Waals surface area contributed by atoms with Crippen molar-refractivity contribution in [3.05, 3.63) is 0 Å². The Balaban J connectivity index is 2.60. The van der Waals surface area contributed by atoms with Gasteiger partial charge in [0.2, 0.25) is 0 Å². The molecule has 0 heterocycles. The minimum absolute atomic E-state index is 0.0953. The van der Waals surface area contributed by atoms with Crippen LogP contribution >= 0.6 is 0 Å². The molecule has 2 rings (SSSR count). The first-order chi connectivity index (χ1) is 6.28. The third-order valence-electron chi connectivity index (χ3n) is 5.10. The summed E-state index contributed by atoms with van der Waals surface area (Å²) in [5.41, 5.74) is -1.82. The second-order valence-corrected chi connectivity index (χ2v) is 5.43. The smallest absolute Gasteiger partial charge is 0.140 e. The first-order valence-electron chi connectivity index (χ1n) is 5.03. The van der Waals surface area contributed by atoms with E-state index in [1.54, 1.807) is 0 Å². The summed E-state index contributed by atoms with van der Waals surface area (Å²) in [6, 6.07) is 0. The maximum Gasteiger partial charge on any atom is 0.140 e. The summed E-state index contributed by atoms with van der Waals surface area (Å²) < 4.78 is 0. The maximum atomic E-state index is 11.8. The van der Waals surface area contributed by atoms with E-state index in [1.165, 1.54) is 0 Å². The second kappa shape index (κ2) is 2.20. The normalized spacial score (nSPS) is 44.4. The van der Waals surface area contributed by atoms with Gasteiger partial charge in [-0.2, -0.15) is 0 Å². The number of rotatable bonds is 1. The van der Waals surface area contributed by atoms with Crippen molar-refractivity contribution in [3.8, 4) is 0 Å². The molecule has 2 atom stereocenters. The van der Waals surface area contributed by atoms with Crippen LogP contribution in [0.25, 0.3) is 0 Å². The molecule has 2 bridgehead atoms. The summed E-state index contributed by atoms with van der Waals surface area (Å²) in [5, 5.41) is 11.2. The van der Waals surface area contributed by atoms with Gasteiger partial charge in [-0.05, 0) is 18.3 Å². The molecule has 78 valence electrons. The number of aliphatic carboxylic acids is 1. The Morgan fingerprint density at radius 3 is 2.07 bits per heavy atom. The highest BCUT2D eigenvalue weighted by Gasteiger charge is 2.70. The van der Waals surface area contributed by atoms with Gasteiger partial charge in [-0.25, -0.2) is 0 Å². The topological polar surface area (TPSA) is 57.2 Å². The largest absolute Gasteiger partial charge is 0.550 e. The molecule has 2 saturated carbocycles. The number of carboxylic acids is 1. The number of fused-ring (bicyclic) bond motifs is 2. The van der Waals surface area contributed by atoms with Crippen molar-refractivity contribution in [2.45, 2.75) is 40.0 Å². The number of carbonyl (C=O) groups is 2. The van der Waals surface area contributed by atoms with Crippen molar-refractivity contribution in [3.63, 3.8) is 0 Å². The van der Waals surface area contributed by atoms with Gasteiger partial charge in [0, 0.05) is 23.2 Å². The fraction of sp³-hybridized carbons (Fsp3) is 0.818. The first kappa shape index (κ1) is 9.69. The average molecular weight is 195 g/mol. The van der Waals surface area contributed by atoms with Crippen LogP contribution in [0, 0.1) is 16.2 Å². The van der Waals surface area contributed by atoms with E-state index in [1.807, 2.05) is 20.8 Å². The van der Waals surface area contributed by atoms with Crippen LogP contribution in [0.3, 0.4) is 0 Å². The molecule has 0 aromatic rings. The summed E-state index contributed by atoms with van der Waals surface area (Å²) >= 11 is 0. The van der Waals surface area contributed by atoms with Crippen LogP contribution in [-0.4, -0.2) is 11.8 Å². The third kappa shape index (κ3) is 0.677. The van der Waals surface area contributed by atoms with Crippen LogP contribution in [0.2, 0.25) is 0 Å². The van der Waals surface area contributed by atoms with Crippen molar-refractivity contribution < 1.29 is 14.7 Å². The minimum atomic E-state index is -1.04. The van der Waals surface area contributed by atoms with Crippen molar-refractivity contribution in [2.75, 3.05) is 0 Å². The fourth-order valence-corrected chi connectivity index (χ4v) is 3.31. The Kier molecular flexibility index (Phi) is 1.53. The molecule has 3 nitrogen and oxygen atoms in total. The number of Topliss-reactive ketones (excluding diaryl/α,β-unsaturated/α-hetero) is 1. The summed E-state index contributed by atoms with van der Waals surface area (Å²) in [6.45, 7) is 5.68. The minimum Gasteiger partial charge on any atom is -0.550 e. The zero-order valence-electron chi connectivity index (χ0n) is 8.85. The van der Waals surface area contributed by atoms with E-state index in [9.17, 15) is 14.7 Å². The van der Waals surface area contributed by atoms with Gasteiger partial charge in [-0.3, -0.25) is 4.79 Å². The molecule has 0 amide bonds. The Bertz CT molecular complexity index is 331. The van der Waals surface area contributed by atoms with Crippen LogP contribution < -0.4 is 5.11 Å². The molecule has 2 aliphatic carbocycles. The fourth-order valence-electron chi connectivity index (χ4n) is 3.31. The van der Waals surface area contributed by atoms with Gasteiger partial charge in [-0.1, -0.05) is 20.8 Å². The van der Waals surface area contributed by atoms with Gasteiger partial charge < -0.3 is 9.90 Å². The lowest BCUT2D eigenvalue weighted by atomic mass is 9.65. The van der Waals surface area contributed by atoms with E-state index >= 15 is 0 Å². The number of ketones is 1. The standard InChI is InChI=1S/C11H16O3/c1-9(2)10(3)4-5-11(9,8(13)14)6-7(10)12/h4-6H2,1-3H3,(H,13,14)/p-1/t10-,11+/m0/s1.